The minimum Gasteiger partial charge on any atom is -1.00 e. The van der Waals surface area contributed by atoms with Crippen LogP contribution in [-0.4, -0.2) is 5.96 Å². The summed E-state index contributed by atoms with van der Waals surface area (Å²) in [5.74, 6) is 0.826. The van der Waals surface area contributed by atoms with Gasteiger partial charge in [-0.3, -0.25) is 0 Å². The van der Waals surface area contributed by atoms with E-state index in [1.54, 1.807) is 0 Å². The maximum Gasteiger partial charge on any atom is 0.330 e. The first-order valence-electron chi connectivity index (χ1n) is 13.5. The van der Waals surface area contributed by atoms with Crippen molar-refractivity contribution in [1.29, 1.82) is 0 Å². The molecule has 0 fully saturated rings. The predicted molar refractivity (Wildman–Crippen MR) is 169 cm³/mol. The van der Waals surface area contributed by atoms with E-state index in [1.165, 1.54) is 0 Å². The van der Waals surface area contributed by atoms with Crippen LogP contribution in [0.2, 0.25) is 0 Å². The monoisotopic (exact) mass is 551 g/mol. The number of quaternary nitrogens is 1. The van der Waals surface area contributed by atoms with Gasteiger partial charge in [0.15, 0.2) is 17.1 Å². The zero-order valence-corrected chi connectivity index (χ0v) is 23.3. The Morgan fingerprint density at radius 2 is 0.683 bits per heavy atom. The van der Waals surface area contributed by atoms with Crippen LogP contribution in [0.15, 0.2) is 187 Å². The molecule has 0 aliphatic heterocycles. The van der Waals surface area contributed by atoms with Crippen LogP contribution in [0.25, 0.3) is 0 Å². The maximum absolute atomic E-state index is 5.53. The third-order valence-electron chi connectivity index (χ3n) is 6.94. The summed E-state index contributed by atoms with van der Waals surface area (Å²) in [7, 11) is 0. The molecule has 0 saturated heterocycles. The van der Waals surface area contributed by atoms with Gasteiger partial charge in [0, 0.05) is 36.4 Å². The van der Waals surface area contributed by atoms with Crippen molar-refractivity contribution in [3.8, 4) is 0 Å². The van der Waals surface area contributed by atoms with Crippen molar-refractivity contribution in [2.24, 2.45) is 4.99 Å². The van der Waals surface area contributed by atoms with Crippen molar-refractivity contribution in [2.45, 2.75) is 0 Å². The van der Waals surface area contributed by atoms with Gasteiger partial charge >= 0.3 is 5.96 Å². The number of aliphatic imine (C=N–C) groups is 1. The van der Waals surface area contributed by atoms with Gasteiger partial charge < -0.3 is 12.4 Å². The lowest BCUT2D eigenvalue weighted by atomic mass is 10.1. The zero-order valence-electron chi connectivity index (χ0n) is 22.5. The SMILES string of the molecule is [Cl-].c1ccc(N=C(N(c2ccccc2)c2ccccc2)[N+](c2ccccc2)(c2ccccc2)c2ccccc2)cc1. The number of anilines is 2. The molecule has 0 aliphatic carbocycles. The van der Waals surface area contributed by atoms with E-state index in [-0.39, 0.29) is 16.9 Å². The van der Waals surface area contributed by atoms with E-state index in [2.05, 4.69) is 157 Å². The van der Waals surface area contributed by atoms with Crippen molar-refractivity contribution < 1.29 is 12.4 Å². The Hall–Kier alpha value is -4.96. The Kier molecular flexibility index (Phi) is 8.70. The van der Waals surface area contributed by atoms with Gasteiger partial charge in [-0.2, -0.15) is 9.48 Å². The second-order valence-electron chi connectivity index (χ2n) is 9.43. The molecular formula is C37H30ClN3. The molecule has 0 amide bonds. The molecule has 6 rings (SSSR count). The molecule has 0 saturated carbocycles. The lowest BCUT2D eigenvalue weighted by Gasteiger charge is -2.41. The van der Waals surface area contributed by atoms with Crippen molar-refractivity contribution >= 4 is 40.1 Å². The molecule has 0 unspecified atom stereocenters. The van der Waals surface area contributed by atoms with Gasteiger partial charge in [0.25, 0.3) is 0 Å². The van der Waals surface area contributed by atoms with Gasteiger partial charge in [0.1, 0.15) is 0 Å². The average Bonchev–Trinajstić information content (AvgIpc) is 3.05. The van der Waals surface area contributed by atoms with E-state index in [1.807, 2.05) is 30.3 Å². The number of guanidine groups is 1. The molecule has 3 nitrogen and oxygen atoms in total. The number of benzene rings is 6. The van der Waals surface area contributed by atoms with E-state index >= 15 is 0 Å². The molecule has 41 heavy (non-hydrogen) atoms. The predicted octanol–water partition coefficient (Wildman–Crippen LogP) is 7.19. The van der Waals surface area contributed by atoms with Gasteiger partial charge in [-0.05, 0) is 36.4 Å². The van der Waals surface area contributed by atoms with E-state index in [0.29, 0.717) is 0 Å². The molecule has 0 heterocycles. The highest BCUT2D eigenvalue weighted by atomic mass is 35.5. The minimum atomic E-state index is 0. The van der Waals surface area contributed by atoms with Crippen LogP contribution in [0.5, 0.6) is 0 Å². The summed E-state index contributed by atoms with van der Waals surface area (Å²) in [4.78, 5) is 7.81. The number of hydrogen-bond donors (Lipinski definition) is 0. The normalized spacial score (nSPS) is 11.4. The van der Waals surface area contributed by atoms with E-state index < -0.39 is 0 Å². The van der Waals surface area contributed by atoms with Crippen LogP contribution in [-0.2, 0) is 0 Å². The summed E-state index contributed by atoms with van der Waals surface area (Å²) in [5, 5.41) is 0. The summed E-state index contributed by atoms with van der Waals surface area (Å²) in [6.45, 7) is 0. The summed E-state index contributed by atoms with van der Waals surface area (Å²) in [6.07, 6.45) is 0. The molecule has 0 bridgehead atoms. The average molecular weight is 552 g/mol. The summed E-state index contributed by atoms with van der Waals surface area (Å²) in [6, 6.07) is 63.1. The van der Waals surface area contributed by atoms with Crippen LogP contribution >= 0.6 is 0 Å². The van der Waals surface area contributed by atoms with E-state index in [4.69, 9.17) is 4.99 Å². The number of nitrogens with zero attached hydrogens (tertiary/aromatic N) is 3. The molecule has 0 aromatic heterocycles. The van der Waals surface area contributed by atoms with Gasteiger partial charge in [0.05, 0.1) is 17.1 Å². The van der Waals surface area contributed by atoms with Crippen LogP contribution in [0.4, 0.5) is 34.1 Å². The Morgan fingerprint density at radius 1 is 0.390 bits per heavy atom. The third-order valence-corrected chi connectivity index (χ3v) is 6.94. The van der Waals surface area contributed by atoms with Gasteiger partial charge in [-0.15, -0.1) is 0 Å². The first-order chi connectivity index (χ1) is 19.9. The summed E-state index contributed by atoms with van der Waals surface area (Å²) >= 11 is 0. The van der Waals surface area contributed by atoms with Gasteiger partial charge in [-0.1, -0.05) is 109 Å². The zero-order chi connectivity index (χ0) is 27.0. The molecule has 0 N–H and O–H groups in total. The Balaban J connectivity index is 0.00000337. The molecule has 0 radical (unpaired) electrons. The highest BCUT2D eigenvalue weighted by molar-refractivity contribution is 6.16. The Morgan fingerprint density at radius 3 is 1.02 bits per heavy atom. The fourth-order valence-electron chi connectivity index (χ4n) is 5.18. The van der Waals surface area contributed by atoms with Crippen molar-refractivity contribution in [3.63, 3.8) is 0 Å². The number of para-hydroxylation sites is 6. The molecule has 200 valence electrons. The smallest absolute Gasteiger partial charge is 0.330 e. The number of hydrogen-bond acceptors (Lipinski definition) is 1. The van der Waals surface area contributed by atoms with Crippen LogP contribution in [0, 0.1) is 0 Å². The molecule has 0 spiro atoms. The van der Waals surface area contributed by atoms with Gasteiger partial charge in [-0.25, -0.2) is 4.90 Å². The lowest BCUT2D eigenvalue weighted by molar-refractivity contribution is -0.00000776. The standard InChI is InChI=1S/C37H30N3.ClH/c1-7-19-31(20-8-1)38-37(39(32-21-9-2-10-22-32)33-23-11-3-12-24-33)40(34-25-13-4-14-26-34,35-27-15-5-16-28-35)36-29-17-6-18-30-36;/h1-30H;1H/q+1;/p-1. The number of rotatable bonds is 6. The first kappa shape index (κ1) is 27.6. The highest BCUT2D eigenvalue weighted by Crippen LogP contribution is 2.47. The largest absolute Gasteiger partial charge is 1.00 e. The van der Waals surface area contributed by atoms with E-state index in [0.717, 1.165) is 40.1 Å². The maximum atomic E-state index is 5.53. The van der Waals surface area contributed by atoms with Gasteiger partial charge in [0.2, 0.25) is 0 Å². The topological polar surface area (TPSA) is 15.6 Å². The van der Waals surface area contributed by atoms with E-state index in [9.17, 15) is 0 Å². The molecule has 0 atom stereocenters. The Labute approximate surface area is 248 Å². The third kappa shape index (κ3) is 5.55. The minimum absolute atomic E-state index is 0. The van der Waals surface area contributed by atoms with Crippen molar-refractivity contribution in [2.75, 3.05) is 4.90 Å². The second-order valence-corrected chi connectivity index (χ2v) is 9.43. The lowest BCUT2D eigenvalue weighted by Crippen LogP contribution is -3.00. The molecule has 6 aromatic rings. The first-order valence-corrected chi connectivity index (χ1v) is 13.5. The fourth-order valence-corrected chi connectivity index (χ4v) is 5.18. The van der Waals surface area contributed by atoms with Crippen LogP contribution in [0.3, 0.4) is 0 Å². The molecule has 0 aliphatic rings. The Bertz CT molecular complexity index is 1520. The van der Waals surface area contributed by atoms with Crippen LogP contribution in [0.1, 0.15) is 0 Å². The molecule has 6 aromatic carbocycles. The molecular weight excluding hydrogens is 522 g/mol. The van der Waals surface area contributed by atoms with Crippen molar-refractivity contribution in [3.05, 3.63) is 182 Å². The molecule has 4 heteroatoms. The summed E-state index contributed by atoms with van der Waals surface area (Å²) < 4.78 is 0.265. The quantitative estimate of drug-likeness (QED) is 0.121. The fraction of sp³-hybridized carbons (Fsp3) is 0. The second kappa shape index (κ2) is 12.9. The number of halogens is 1. The van der Waals surface area contributed by atoms with Crippen molar-refractivity contribution in [1.82, 2.24) is 4.48 Å². The van der Waals surface area contributed by atoms with Crippen LogP contribution < -0.4 is 21.8 Å². The highest BCUT2D eigenvalue weighted by Gasteiger charge is 2.46. The summed E-state index contributed by atoms with van der Waals surface area (Å²) in [5.41, 5.74) is 6.14.